The van der Waals surface area contributed by atoms with Crippen LogP contribution in [0.5, 0.6) is 11.5 Å². The van der Waals surface area contributed by atoms with Gasteiger partial charge in [-0.2, -0.15) is 0 Å². The van der Waals surface area contributed by atoms with Crippen LogP contribution in [-0.4, -0.2) is 31.1 Å². The van der Waals surface area contributed by atoms with E-state index in [2.05, 4.69) is 10.6 Å². The maximum Gasteiger partial charge on any atom is 0.258 e. The Hall–Kier alpha value is -3.02. The molecule has 0 unspecified atom stereocenters. The first-order valence-corrected chi connectivity index (χ1v) is 8.45. The molecule has 0 aliphatic carbocycles. The van der Waals surface area contributed by atoms with Crippen molar-refractivity contribution in [2.45, 2.75) is 26.9 Å². The number of anilines is 1. The Kier molecular flexibility index (Phi) is 7.02. The molecule has 0 aliphatic rings. The predicted octanol–water partition coefficient (Wildman–Crippen LogP) is 2.92. The Morgan fingerprint density at radius 2 is 1.54 bits per heavy atom. The molecule has 2 amide bonds. The number of benzene rings is 2. The second kappa shape index (κ2) is 9.46. The molecule has 2 aromatic rings. The molecule has 0 saturated carbocycles. The predicted molar refractivity (Wildman–Crippen MR) is 101 cm³/mol. The molecule has 0 bridgehead atoms. The number of nitrogens with one attached hydrogen (secondary N) is 2. The van der Waals surface area contributed by atoms with E-state index in [1.54, 1.807) is 36.4 Å². The molecule has 138 valence electrons. The largest absolute Gasteiger partial charge is 0.491 e. The highest BCUT2D eigenvalue weighted by molar-refractivity contribution is 5.94. The highest BCUT2D eigenvalue weighted by Gasteiger charge is 2.07. The molecule has 2 rings (SSSR count). The first-order chi connectivity index (χ1) is 12.4. The number of aryl methyl sites for hydroxylation is 1. The molecule has 0 radical (unpaired) electrons. The summed E-state index contributed by atoms with van der Waals surface area (Å²) >= 11 is 0. The summed E-state index contributed by atoms with van der Waals surface area (Å²) in [7, 11) is 0. The molecule has 0 atom stereocenters. The molecule has 0 aromatic heterocycles. The highest BCUT2D eigenvalue weighted by atomic mass is 16.5. The van der Waals surface area contributed by atoms with Crippen LogP contribution in [0.2, 0.25) is 0 Å². The average molecular weight is 356 g/mol. The van der Waals surface area contributed by atoms with Gasteiger partial charge in [-0.15, -0.1) is 0 Å². The van der Waals surface area contributed by atoms with E-state index >= 15 is 0 Å². The monoisotopic (exact) mass is 356 g/mol. The molecular weight excluding hydrogens is 332 g/mol. The van der Waals surface area contributed by atoms with Crippen molar-refractivity contribution in [3.05, 3.63) is 54.1 Å². The number of rotatable bonds is 8. The highest BCUT2D eigenvalue weighted by Crippen LogP contribution is 2.16. The fraction of sp³-hybridized carbons (Fsp3) is 0.300. The third-order valence-corrected chi connectivity index (χ3v) is 3.35. The fourth-order valence-corrected chi connectivity index (χ4v) is 2.11. The third-order valence-electron chi connectivity index (χ3n) is 3.35. The van der Waals surface area contributed by atoms with Crippen molar-refractivity contribution >= 4 is 17.5 Å². The Labute approximate surface area is 153 Å². The van der Waals surface area contributed by atoms with Crippen molar-refractivity contribution < 1.29 is 19.1 Å². The van der Waals surface area contributed by atoms with Crippen LogP contribution in [0.15, 0.2) is 48.5 Å². The summed E-state index contributed by atoms with van der Waals surface area (Å²) in [5.41, 5.74) is 1.75. The molecule has 6 heteroatoms. The summed E-state index contributed by atoms with van der Waals surface area (Å²) in [6.45, 7) is 5.60. The molecular formula is C20H24N2O4. The minimum absolute atomic E-state index is 0.0905. The molecule has 0 spiro atoms. The Balaban J connectivity index is 1.70. The Bertz CT molecular complexity index is 724. The zero-order valence-electron chi connectivity index (χ0n) is 15.2. The molecule has 2 aromatic carbocycles. The topological polar surface area (TPSA) is 76.7 Å². The molecule has 26 heavy (non-hydrogen) atoms. The fourth-order valence-electron chi connectivity index (χ4n) is 2.11. The van der Waals surface area contributed by atoms with Gasteiger partial charge in [0, 0.05) is 5.69 Å². The zero-order chi connectivity index (χ0) is 18.9. The Morgan fingerprint density at radius 1 is 0.923 bits per heavy atom. The summed E-state index contributed by atoms with van der Waals surface area (Å²) < 4.78 is 10.9. The summed E-state index contributed by atoms with van der Waals surface area (Å²) in [5, 5.41) is 5.23. The van der Waals surface area contributed by atoms with Crippen LogP contribution in [0.25, 0.3) is 0 Å². The van der Waals surface area contributed by atoms with E-state index in [-0.39, 0.29) is 31.1 Å². The third kappa shape index (κ3) is 6.84. The number of carbonyl (C=O) groups excluding carboxylic acids is 2. The van der Waals surface area contributed by atoms with E-state index in [1.165, 1.54) is 0 Å². The van der Waals surface area contributed by atoms with Gasteiger partial charge in [0.1, 0.15) is 11.5 Å². The summed E-state index contributed by atoms with van der Waals surface area (Å²) in [6, 6.07) is 14.4. The number of carbonyl (C=O) groups is 2. The van der Waals surface area contributed by atoms with Gasteiger partial charge < -0.3 is 20.1 Å². The number of hydrogen-bond acceptors (Lipinski definition) is 4. The Morgan fingerprint density at radius 3 is 2.15 bits per heavy atom. The van der Waals surface area contributed by atoms with Crippen LogP contribution in [0, 0.1) is 6.92 Å². The van der Waals surface area contributed by atoms with E-state index < -0.39 is 0 Å². The first kappa shape index (κ1) is 19.3. The van der Waals surface area contributed by atoms with E-state index in [1.807, 2.05) is 32.9 Å². The van der Waals surface area contributed by atoms with Crippen LogP contribution < -0.4 is 20.1 Å². The summed E-state index contributed by atoms with van der Waals surface area (Å²) in [6.07, 6.45) is 0.0905. The van der Waals surface area contributed by atoms with Gasteiger partial charge in [0.05, 0.1) is 12.6 Å². The zero-order valence-corrected chi connectivity index (χ0v) is 15.2. The number of amides is 2. The van der Waals surface area contributed by atoms with Gasteiger partial charge in [-0.25, -0.2) is 0 Å². The van der Waals surface area contributed by atoms with E-state index in [0.29, 0.717) is 11.4 Å². The molecule has 2 N–H and O–H groups in total. The van der Waals surface area contributed by atoms with Gasteiger partial charge in [-0.05, 0) is 57.2 Å². The lowest BCUT2D eigenvalue weighted by atomic mass is 10.2. The molecule has 6 nitrogen and oxygen atoms in total. The normalized spacial score (nSPS) is 10.3. The maximum absolute atomic E-state index is 11.9. The van der Waals surface area contributed by atoms with Gasteiger partial charge in [-0.3, -0.25) is 9.59 Å². The first-order valence-electron chi connectivity index (χ1n) is 8.45. The lowest BCUT2D eigenvalue weighted by Crippen LogP contribution is -2.35. The lowest BCUT2D eigenvalue weighted by Gasteiger charge is -2.11. The van der Waals surface area contributed by atoms with Crippen molar-refractivity contribution in [1.82, 2.24) is 5.32 Å². The molecule has 0 saturated heterocycles. The quantitative estimate of drug-likeness (QED) is 0.762. The maximum atomic E-state index is 11.9. The van der Waals surface area contributed by atoms with Gasteiger partial charge in [0.25, 0.3) is 5.91 Å². The average Bonchev–Trinajstić information content (AvgIpc) is 2.61. The molecule has 0 aliphatic heterocycles. The van der Waals surface area contributed by atoms with Crippen LogP contribution >= 0.6 is 0 Å². The van der Waals surface area contributed by atoms with Gasteiger partial charge in [-0.1, -0.05) is 17.7 Å². The van der Waals surface area contributed by atoms with Crippen molar-refractivity contribution in [3.8, 4) is 11.5 Å². The lowest BCUT2D eigenvalue weighted by molar-refractivity contribution is -0.125. The van der Waals surface area contributed by atoms with Crippen molar-refractivity contribution in [3.63, 3.8) is 0 Å². The minimum atomic E-state index is -0.360. The number of hydrogen-bond donors (Lipinski definition) is 2. The van der Waals surface area contributed by atoms with Crippen LogP contribution in [0.1, 0.15) is 19.4 Å². The van der Waals surface area contributed by atoms with E-state index in [4.69, 9.17) is 9.47 Å². The van der Waals surface area contributed by atoms with E-state index in [0.717, 1.165) is 11.3 Å². The van der Waals surface area contributed by atoms with Crippen molar-refractivity contribution in [1.29, 1.82) is 0 Å². The van der Waals surface area contributed by atoms with Gasteiger partial charge in [0.2, 0.25) is 5.91 Å². The van der Waals surface area contributed by atoms with E-state index in [9.17, 15) is 9.59 Å². The minimum Gasteiger partial charge on any atom is -0.491 e. The standard InChI is InChI=1S/C20H24N2O4/c1-14(2)26-18-10-6-16(7-11-18)22-19(23)12-21-20(24)13-25-17-8-4-15(3)5-9-17/h4-11,14H,12-13H2,1-3H3,(H,21,24)(H,22,23). The SMILES string of the molecule is Cc1ccc(OCC(=O)NCC(=O)Nc2ccc(OC(C)C)cc2)cc1. The molecule has 0 heterocycles. The summed E-state index contributed by atoms with van der Waals surface area (Å²) in [4.78, 5) is 23.6. The van der Waals surface area contributed by atoms with Crippen molar-refractivity contribution in [2.24, 2.45) is 0 Å². The second-order valence-electron chi connectivity index (χ2n) is 6.12. The van der Waals surface area contributed by atoms with Gasteiger partial charge in [0.15, 0.2) is 6.61 Å². The summed E-state index contributed by atoms with van der Waals surface area (Å²) in [5.74, 6) is 0.672. The smallest absolute Gasteiger partial charge is 0.258 e. The van der Waals surface area contributed by atoms with Crippen molar-refractivity contribution in [2.75, 3.05) is 18.5 Å². The van der Waals surface area contributed by atoms with Crippen LogP contribution in [-0.2, 0) is 9.59 Å². The van der Waals surface area contributed by atoms with Crippen LogP contribution in [0.3, 0.4) is 0 Å². The molecule has 0 fully saturated rings. The number of ether oxygens (including phenoxy) is 2. The second-order valence-corrected chi connectivity index (χ2v) is 6.12. The van der Waals surface area contributed by atoms with Crippen LogP contribution in [0.4, 0.5) is 5.69 Å². The van der Waals surface area contributed by atoms with Gasteiger partial charge >= 0.3 is 0 Å².